The molecule has 1 heterocycles. The SMILES string of the molecule is CC(C)(C)OC(=O)N1CCCC(C(CN)c2ccccc2F)C1. The van der Waals surface area contributed by atoms with Gasteiger partial charge in [-0.1, -0.05) is 18.2 Å². The highest BCUT2D eigenvalue weighted by Gasteiger charge is 2.32. The van der Waals surface area contributed by atoms with E-state index in [4.69, 9.17) is 10.5 Å². The monoisotopic (exact) mass is 322 g/mol. The maximum absolute atomic E-state index is 14.1. The molecule has 0 aromatic heterocycles. The molecule has 1 fully saturated rings. The average molecular weight is 322 g/mol. The number of benzene rings is 1. The molecule has 0 aliphatic carbocycles. The standard InChI is InChI=1S/C18H27FN2O2/c1-18(2,3)23-17(22)21-10-6-7-13(12-21)15(11-20)14-8-4-5-9-16(14)19/h4-5,8-9,13,15H,6-7,10-12,20H2,1-3H3. The minimum Gasteiger partial charge on any atom is -0.444 e. The highest BCUT2D eigenvalue weighted by molar-refractivity contribution is 5.68. The summed E-state index contributed by atoms with van der Waals surface area (Å²) in [6, 6.07) is 6.77. The lowest BCUT2D eigenvalue weighted by Crippen LogP contribution is -2.45. The van der Waals surface area contributed by atoms with Crippen molar-refractivity contribution in [2.45, 2.75) is 45.1 Å². The molecule has 128 valence electrons. The number of hydrogen-bond acceptors (Lipinski definition) is 3. The van der Waals surface area contributed by atoms with E-state index in [1.54, 1.807) is 17.0 Å². The molecule has 2 N–H and O–H groups in total. The maximum atomic E-state index is 14.1. The zero-order valence-corrected chi connectivity index (χ0v) is 14.2. The third-order valence-electron chi connectivity index (χ3n) is 4.24. The summed E-state index contributed by atoms with van der Waals surface area (Å²) in [5, 5.41) is 0. The van der Waals surface area contributed by atoms with Gasteiger partial charge >= 0.3 is 6.09 Å². The molecule has 5 heteroatoms. The van der Waals surface area contributed by atoms with Crippen LogP contribution in [0.15, 0.2) is 24.3 Å². The van der Waals surface area contributed by atoms with Crippen LogP contribution in [0, 0.1) is 11.7 Å². The van der Waals surface area contributed by atoms with Crippen molar-refractivity contribution in [3.63, 3.8) is 0 Å². The van der Waals surface area contributed by atoms with Crippen LogP contribution in [0.1, 0.15) is 45.1 Å². The second-order valence-electron chi connectivity index (χ2n) is 7.19. The molecule has 4 nitrogen and oxygen atoms in total. The Morgan fingerprint density at radius 3 is 2.74 bits per heavy atom. The van der Waals surface area contributed by atoms with E-state index in [0.717, 1.165) is 12.8 Å². The Hall–Kier alpha value is -1.62. The van der Waals surface area contributed by atoms with Gasteiger partial charge in [0.15, 0.2) is 0 Å². The lowest BCUT2D eigenvalue weighted by molar-refractivity contribution is 0.0152. The maximum Gasteiger partial charge on any atom is 0.410 e. The van der Waals surface area contributed by atoms with E-state index < -0.39 is 5.60 Å². The van der Waals surface area contributed by atoms with Crippen LogP contribution in [-0.4, -0.2) is 36.2 Å². The molecule has 0 saturated carbocycles. The predicted octanol–water partition coefficient (Wildman–Crippen LogP) is 3.52. The van der Waals surface area contributed by atoms with E-state index in [0.29, 0.717) is 25.2 Å². The number of nitrogens with zero attached hydrogens (tertiary/aromatic N) is 1. The van der Waals surface area contributed by atoms with Crippen molar-refractivity contribution in [1.82, 2.24) is 4.90 Å². The predicted molar refractivity (Wildman–Crippen MR) is 88.7 cm³/mol. The van der Waals surface area contributed by atoms with Crippen molar-refractivity contribution in [3.05, 3.63) is 35.6 Å². The number of carbonyl (C=O) groups is 1. The number of rotatable bonds is 3. The minimum atomic E-state index is -0.511. The fourth-order valence-electron chi connectivity index (χ4n) is 3.18. The summed E-state index contributed by atoms with van der Waals surface area (Å²) in [6.07, 6.45) is 1.52. The Morgan fingerprint density at radius 1 is 1.43 bits per heavy atom. The van der Waals surface area contributed by atoms with Crippen molar-refractivity contribution in [2.75, 3.05) is 19.6 Å². The van der Waals surface area contributed by atoms with Gasteiger partial charge in [-0.3, -0.25) is 0 Å². The van der Waals surface area contributed by atoms with E-state index in [1.165, 1.54) is 6.07 Å². The number of ether oxygens (including phenoxy) is 1. The molecule has 1 aliphatic heterocycles. The Bertz CT molecular complexity index is 542. The molecule has 0 bridgehead atoms. The zero-order chi connectivity index (χ0) is 17.0. The molecule has 23 heavy (non-hydrogen) atoms. The van der Waals surface area contributed by atoms with Gasteiger partial charge in [-0.2, -0.15) is 0 Å². The molecule has 1 aromatic carbocycles. The molecule has 1 aliphatic rings. The number of amides is 1. The summed E-state index contributed by atoms with van der Waals surface area (Å²) in [5.74, 6) is -0.156. The van der Waals surface area contributed by atoms with Crippen LogP contribution in [0.4, 0.5) is 9.18 Å². The van der Waals surface area contributed by atoms with Crippen molar-refractivity contribution in [3.8, 4) is 0 Å². The van der Waals surface area contributed by atoms with Crippen LogP contribution in [0.2, 0.25) is 0 Å². The topological polar surface area (TPSA) is 55.6 Å². The first-order valence-electron chi connectivity index (χ1n) is 8.24. The van der Waals surface area contributed by atoms with Crippen LogP contribution in [-0.2, 0) is 4.74 Å². The summed E-state index contributed by atoms with van der Waals surface area (Å²) in [6.45, 7) is 7.18. The van der Waals surface area contributed by atoms with Gasteiger partial charge in [0.2, 0.25) is 0 Å². The molecule has 0 spiro atoms. The molecule has 2 atom stereocenters. The Kier molecular flexibility index (Phi) is 5.63. The van der Waals surface area contributed by atoms with Gasteiger partial charge in [-0.05, 0) is 57.7 Å². The molecule has 1 amide bonds. The van der Waals surface area contributed by atoms with Crippen LogP contribution in [0.3, 0.4) is 0 Å². The van der Waals surface area contributed by atoms with Gasteiger partial charge in [0.25, 0.3) is 0 Å². The number of nitrogens with two attached hydrogens (primary N) is 1. The van der Waals surface area contributed by atoms with Gasteiger partial charge in [0.1, 0.15) is 11.4 Å². The fraction of sp³-hybridized carbons (Fsp3) is 0.611. The minimum absolute atomic E-state index is 0.0820. The molecule has 1 aromatic rings. The van der Waals surface area contributed by atoms with E-state index in [-0.39, 0.29) is 23.7 Å². The molecule has 1 saturated heterocycles. The normalized spacial score (nSPS) is 20.2. The largest absolute Gasteiger partial charge is 0.444 e. The number of halogens is 1. The first-order valence-corrected chi connectivity index (χ1v) is 8.24. The van der Waals surface area contributed by atoms with Gasteiger partial charge < -0.3 is 15.4 Å². The summed E-state index contributed by atoms with van der Waals surface area (Å²) < 4.78 is 19.5. The van der Waals surface area contributed by atoms with Gasteiger partial charge in [0, 0.05) is 19.0 Å². The van der Waals surface area contributed by atoms with Crippen molar-refractivity contribution >= 4 is 6.09 Å². The third kappa shape index (κ3) is 4.67. The molecule has 2 rings (SSSR count). The molecular weight excluding hydrogens is 295 g/mol. The van der Waals surface area contributed by atoms with Gasteiger partial charge in [-0.25, -0.2) is 9.18 Å². The first-order chi connectivity index (χ1) is 10.8. The zero-order valence-electron chi connectivity index (χ0n) is 14.2. The van der Waals surface area contributed by atoms with Crippen LogP contribution >= 0.6 is 0 Å². The Morgan fingerprint density at radius 2 is 2.13 bits per heavy atom. The molecule has 0 radical (unpaired) electrons. The third-order valence-corrected chi connectivity index (χ3v) is 4.24. The summed E-state index contributed by atoms with van der Waals surface area (Å²) >= 11 is 0. The smallest absolute Gasteiger partial charge is 0.410 e. The van der Waals surface area contributed by atoms with E-state index in [9.17, 15) is 9.18 Å². The number of likely N-dealkylation sites (tertiary alicyclic amines) is 1. The Balaban J connectivity index is 2.10. The molecular formula is C18H27FN2O2. The highest BCUT2D eigenvalue weighted by atomic mass is 19.1. The number of carbonyl (C=O) groups excluding carboxylic acids is 1. The highest BCUT2D eigenvalue weighted by Crippen LogP contribution is 2.32. The van der Waals surface area contributed by atoms with Crippen LogP contribution in [0.5, 0.6) is 0 Å². The quantitative estimate of drug-likeness (QED) is 0.926. The van der Waals surface area contributed by atoms with E-state index in [1.807, 2.05) is 26.8 Å². The lowest BCUT2D eigenvalue weighted by Gasteiger charge is -2.37. The van der Waals surface area contributed by atoms with Crippen molar-refractivity contribution < 1.29 is 13.9 Å². The van der Waals surface area contributed by atoms with E-state index >= 15 is 0 Å². The van der Waals surface area contributed by atoms with Gasteiger partial charge in [0.05, 0.1) is 0 Å². The fourth-order valence-corrected chi connectivity index (χ4v) is 3.18. The van der Waals surface area contributed by atoms with E-state index in [2.05, 4.69) is 0 Å². The second kappa shape index (κ2) is 7.30. The first kappa shape index (κ1) is 17.7. The van der Waals surface area contributed by atoms with Crippen LogP contribution in [0.25, 0.3) is 0 Å². The van der Waals surface area contributed by atoms with Crippen LogP contribution < -0.4 is 5.73 Å². The average Bonchev–Trinajstić information content (AvgIpc) is 2.48. The second-order valence-corrected chi connectivity index (χ2v) is 7.19. The summed E-state index contributed by atoms with van der Waals surface area (Å²) in [4.78, 5) is 14.0. The van der Waals surface area contributed by atoms with Gasteiger partial charge in [-0.15, -0.1) is 0 Å². The summed E-state index contributed by atoms with van der Waals surface area (Å²) in [7, 11) is 0. The number of hydrogen-bond donors (Lipinski definition) is 1. The van der Waals surface area contributed by atoms with Crippen molar-refractivity contribution in [1.29, 1.82) is 0 Å². The lowest BCUT2D eigenvalue weighted by atomic mass is 9.81. The van der Waals surface area contributed by atoms with Crippen molar-refractivity contribution in [2.24, 2.45) is 11.7 Å². The summed E-state index contributed by atoms with van der Waals surface area (Å²) in [5.41, 5.74) is 6.06. The number of piperidine rings is 1. The Labute approximate surface area is 137 Å². The molecule has 2 unspecified atom stereocenters.